The van der Waals surface area contributed by atoms with Gasteiger partial charge >= 0.3 is 0 Å². The van der Waals surface area contributed by atoms with Crippen LogP contribution in [0.1, 0.15) is 31.7 Å². The largest absolute Gasteiger partial charge is 0.507 e. The summed E-state index contributed by atoms with van der Waals surface area (Å²) in [5, 5.41) is 15.5. The second-order valence-electron chi connectivity index (χ2n) is 7.69. The molecular weight excluding hydrogens is 394 g/mol. The number of phenolic OH excluding ortho intramolecular Hbond substituents is 1. The fourth-order valence-corrected chi connectivity index (χ4v) is 4.89. The maximum Gasteiger partial charge on any atom is 0.242 e. The fourth-order valence-electron chi connectivity index (χ4n) is 3.97. The van der Waals surface area contributed by atoms with Crippen LogP contribution in [0.3, 0.4) is 0 Å². The number of pyridine rings is 1. The van der Waals surface area contributed by atoms with Crippen LogP contribution in [0.2, 0.25) is 0 Å². The molecule has 1 aliphatic rings. The molecule has 1 amide bonds. The molecule has 1 saturated heterocycles. The number of phenols is 1. The number of anilines is 1. The molecule has 1 fully saturated rings. The van der Waals surface area contributed by atoms with E-state index in [1.165, 1.54) is 10.4 Å². The van der Waals surface area contributed by atoms with Gasteiger partial charge in [-0.3, -0.25) is 4.79 Å². The van der Waals surface area contributed by atoms with E-state index in [4.69, 9.17) is 4.98 Å². The third kappa shape index (κ3) is 4.05. The summed E-state index contributed by atoms with van der Waals surface area (Å²) in [5.41, 5.74) is 3.68. The van der Waals surface area contributed by atoms with Crippen molar-refractivity contribution in [3.63, 3.8) is 0 Å². The van der Waals surface area contributed by atoms with E-state index < -0.39 is 0 Å². The highest BCUT2D eigenvalue weighted by molar-refractivity contribution is 7.13. The molecule has 3 heterocycles. The summed E-state index contributed by atoms with van der Waals surface area (Å²) in [7, 11) is 0. The van der Waals surface area contributed by atoms with E-state index in [0.29, 0.717) is 17.8 Å². The van der Waals surface area contributed by atoms with E-state index >= 15 is 0 Å². The first kappa shape index (κ1) is 20.4. The van der Waals surface area contributed by atoms with Gasteiger partial charge in [-0.25, -0.2) is 4.98 Å². The van der Waals surface area contributed by atoms with Crippen LogP contribution < -0.4 is 10.2 Å². The zero-order valence-electron chi connectivity index (χ0n) is 17.4. The lowest BCUT2D eigenvalue weighted by Gasteiger charge is -2.26. The zero-order chi connectivity index (χ0) is 21.1. The molecule has 0 unspecified atom stereocenters. The highest BCUT2D eigenvalue weighted by Crippen LogP contribution is 2.37. The topological polar surface area (TPSA) is 65.5 Å². The van der Waals surface area contributed by atoms with Crippen LogP contribution in [0.4, 0.5) is 5.82 Å². The lowest BCUT2D eigenvalue weighted by atomic mass is 10.1. The van der Waals surface area contributed by atoms with Gasteiger partial charge < -0.3 is 15.3 Å². The normalized spacial score (nSPS) is 16.1. The highest BCUT2D eigenvalue weighted by atomic mass is 32.1. The summed E-state index contributed by atoms with van der Waals surface area (Å²) in [6, 6.07) is 13.3. The number of aryl methyl sites for hydroxylation is 1. The van der Waals surface area contributed by atoms with Crippen LogP contribution in [-0.4, -0.2) is 35.1 Å². The number of benzene rings is 1. The summed E-state index contributed by atoms with van der Waals surface area (Å²) in [4.78, 5) is 20.9. The van der Waals surface area contributed by atoms with Crippen LogP contribution in [0.5, 0.6) is 5.75 Å². The van der Waals surface area contributed by atoms with E-state index in [-0.39, 0.29) is 17.7 Å². The number of carbonyl (C=O) groups is 1. The van der Waals surface area contributed by atoms with E-state index in [0.717, 1.165) is 37.2 Å². The molecule has 0 radical (unpaired) electrons. The van der Waals surface area contributed by atoms with Crippen LogP contribution in [-0.2, 0) is 4.79 Å². The molecule has 2 aromatic heterocycles. The Kier molecular flexibility index (Phi) is 6.04. The summed E-state index contributed by atoms with van der Waals surface area (Å²) in [6.45, 7) is 5.64. The average Bonchev–Trinajstić information content (AvgIpc) is 3.41. The van der Waals surface area contributed by atoms with Gasteiger partial charge in [0.2, 0.25) is 5.91 Å². The molecule has 0 saturated carbocycles. The maximum absolute atomic E-state index is 12.7. The standard InChI is InChI=1S/C24H27N3O2S/c1-3-11-25-24(29)20-8-6-12-27(20)22-15-17(23-16(2)10-13-30-23)14-19(26-22)18-7-4-5-9-21(18)28/h4-5,7,9-10,13-15,20,28H,3,6,8,11-12H2,1-2H3,(H,25,29)/t20-/m0/s1. The van der Waals surface area contributed by atoms with Gasteiger partial charge in [0.05, 0.1) is 5.69 Å². The Bertz CT molecular complexity index is 1050. The molecule has 0 aliphatic carbocycles. The Hall–Kier alpha value is -2.86. The first-order chi connectivity index (χ1) is 14.6. The zero-order valence-corrected chi connectivity index (χ0v) is 18.2. The van der Waals surface area contributed by atoms with E-state index in [1.54, 1.807) is 17.4 Å². The molecule has 1 aromatic carbocycles. The van der Waals surface area contributed by atoms with Gasteiger partial charge in [-0.1, -0.05) is 19.1 Å². The molecule has 0 bridgehead atoms. The van der Waals surface area contributed by atoms with E-state index in [9.17, 15) is 9.90 Å². The van der Waals surface area contributed by atoms with Gasteiger partial charge in [-0.15, -0.1) is 11.3 Å². The van der Waals surface area contributed by atoms with Crippen molar-refractivity contribution in [2.75, 3.05) is 18.0 Å². The molecule has 156 valence electrons. The van der Waals surface area contributed by atoms with Crippen LogP contribution in [0.25, 0.3) is 21.7 Å². The molecule has 1 atom stereocenters. The number of carbonyl (C=O) groups excluding carboxylic acids is 1. The van der Waals surface area contributed by atoms with Crippen LogP contribution in [0.15, 0.2) is 47.8 Å². The molecule has 2 N–H and O–H groups in total. The number of amides is 1. The summed E-state index contributed by atoms with van der Waals surface area (Å²) >= 11 is 1.69. The van der Waals surface area contributed by atoms with Crippen molar-refractivity contribution in [1.82, 2.24) is 10.3 Å². The first-order valence-electron chi connectivity index (χ1n) is 10.5. The number of hydrogen-bond donors (Lipinski definition) is 2. The Balaban J connectivity index is 1.79. The molecule has 1 aliphatic heterocycles. The van der Waals surface area contributed by atoms with Crippen molar-refractivity contribution in [2.45, 2.75) is 39.2 Å². The molecule has 5 nitrogen and oxygen atoms in total. The minimum absolute atomic E-state index is 0.0676. The minimum Gasteiger partial charge on any atom is -0.507 e. The predicted octanol–water partition coefficient (Wildman–Crippen LogP) is 4.99. The van der Waals surface area contributed by atoms with Crippen molar-refractivity contribution < 1.29 is 9.90 Å². The van der Waals surface area contributed by atoms with E-state index in [2.05, 4.69) is 41.6 Å². The average molecular weight is 422 g/mol. The number of thiophene rings is 1. The second-order valence-corrected chi connectivity index (χ2v) is 8.61. The molecule has 3 aromatic rings. The van der Waals surface area contributed by atoms with E-state index in [1.807, 2.05) is 24.3 Å². The minimum atomic E-state index is -0.207. The first-order valence-corrected chi connectivity index (χ1v) is 11.4. The monoisotopic (exact) mass is 421 g/mol. The van der Waals surface area contributed by atoms with Crippen LogP contribution in [0, 0.1) is 6.92 Å². The molecule has 6 heteroatoms. The Morgan fingerprint density at radius 2 is 2.13 bits per heavy atom. The lowest BCUT2D eigenvalue weighted by Crippen LogP contribution is -2.44. The summed E-state index contributed by atoms with van der Waals surface area (Å²) in [6.07, 6.45) is 2.70. The van der Waals surface area contributed by atoms with Gasteiger partial charge in [0.15, 0.2) is 0 Å². The number of nitrogens with one attached hydrogen (secondary N) is 1. The number of nitrogens with zero attached hydrogens (tertiary/aromatic N) is 2. The van der Waals surface area contributed by atoms with Crippen molar-refractivity contribution in [2.24, 2.45) is 0 Å². The van der Waals surface area contributed by atoms with Crippen LogP contribution >= 0.6 is 11.3 Å². The smallest absolute Gasteiger partial charge is 0.242 e. The fraction of sp³-hybridized carbons (Fsp3) is 0.333. The Morgan fingerprint density at radius 1 is 1.30 bits per heavy atom. The summed E-state index contributed by atoms with van der Waals surface area (Å²) < 4.78 is 0. The molecule has 0 spiro atoms. The van der Waals surface area contributed by atoms with Gasteiger partial charge in [0.1, 0.15) is 17.6 Å². The maximum atomic E-state index is 12.7. The van der Waals surface area contributed by atoms with Gasteiger partial charge in [0, 0.05) is 23.5 Å². The number of aromatic hydroxyl groups is 1. The van der Waals surface area contributed by atoms with Crippen molar-refractivity contribution >= 4 is 23.1 Å². The second kappa shape index (κ2) is 8.88. The third-order valence-electron chi connectivity index (χ3n) is 5.52. The predicted molar refractivity (Wildman–Crippen MR) is 123 cm³/mol. The lowest BCUT2D eigenvalue weighted by molar-refractivity contribution is -0.122. The molecule has 30 heavy (non-hydrogen) atoms. The summed E-state index contributed by atoms with van der Waals surface area (Å²) in [5.74, 6) is 1.06. The highest BCUT2D eigenvalue weighted by Gasteiger charge is 2.32. The van der Waals surface area contributed by atoms with Gasteiger partial charge in [-0.05, 0) is 73.0 Å². The number of para-hydroxylation sites is 1. The number of aromatic nitrogens is 1. The Morgan fingerprint density at radius 3 is 2.87 bits per heavy atom. The third-order valence-corrected chi connectivity index (χ3v) is 6.58. The quantitative estimate of drug-likeness (QED) is 0.589. The SMILES string of the molecule is CCCNC(=O)[C@@H]1CCCN1c1cc(-c2sccc2C)cc(-c2ccccc2O)n1. The van der Waals surface area contributed by atoms with Crippen molar-refractivity contribution in [3.8, 4) is 27.4 Å². The number of rotatable bonds is 6. The van der Waals surface area contributed by atoms with Gasteiger partial charge in [-0.2, -0.15) is 0 Å². The number of hydrogen-bond acceptors (Lipinski definition) is 5. The molecule has 4 rings (SSSR count). The van der Waals surface area contributed by atoms with Crippen molar-refractivity contribution in [3.05, 3.63) is 53.4 Å². The van der Waals surface area contributed by atoms with Gasteiger partial charge in [0.25, 0.3) is 0 Å². The molecular formula is C24H27N3O2S. The Labute approximate surface area is 181 Å². The van der Waals surface area contributed by atoms with Crippen molar-refractivity contribution in [1.29, 1.82) is 0 Å².